The first-order chi connectivity index (χ1) is 14.9. The Morgan fingerprint density at radius 1 is 0.906 bits per heavy atom. The highest BCUT2D eigenvalue weighted by Gasteiger charge is 2.30. The van der Waals surface area contributed by atoms with Gasteiger partial charge >= 0.3 is 6.18 Å². The molecule has 0 atom stereocenters. The lowest BCUT2D eigenvalue weighted by Crippen LogP contribution is -2.16. The summed E-state index contributed by atoms with van der Waals surface area (Å²) in [5.74, 6) is -0.253. The number of halogens is 3. The summed E-state index contributed by atoms with van der Waals surface area (Å²) in [7, 11) is -4.11. The highest BCUT2D eigenvalue weighted by molar-refractivity contribution is 7.92. The molecule has 0 aromatic heterocycles. The van der Waals surface area contributed by atoms with E-state index >= 15 is 0 Å². The maximum absolute atomic E-state index is 12.8. The van der Waals surface area contributed by atoms with E-state index in [2.05, 4.69) is 10.0 Å². The monoisotopic (exact) mass is 462 g/mol. The minimum absolute atomic E-state index is 0.151. The van der Waals surface area contributed by atoms with E-state index < -0.39 is 21.8 Å². The van der Waals surface area contributed by atoms with Crippen molar-refractivity contribution < 1.29 is 26.4 Å². The molecule has 9 heteroatoms. The molecule has 0 radical (unpaired) electrons. The fourth-order valence-electron chi connectivity index (χ4n) is 3.06. The van der Waals surface area contributed by atoms with Crippen LogP contribution in [-0.2, 0) is 27.4 Å². The highest BCUT2D eigenvalue weighted by atomic mass is 32.2. The standard InChI is InChI=1S/C23H21F3N2O3S/c1-15-6-7-16(2)17(12-15)13-22(29)27-19-8-10-21(11-9-19)32(30,31)28-20-5-3-4-18(14-20)23(24,25)26/h3-12,14,28H,13H2,1-2H3,(H,27,29). The second kappa shape index (κ2) is 9.04. The van der Waals surface area contributed by atoms with Crippen molar-refractivity contribution in [1.29, 1.82) is 0 Å². The summed E-state index contributed by atoms with van der Waals surface area (Å²) in [6.45, 7) is 3.85. The average molecular weight is 462 g/mol. The molecule has 3 rings (SSSR count). The van der Waals surface area contributed by atoms with E-state index in [1.165, 1.54) is 30.3 Å². The minimum atomic E-state index is -4.59. The van der Waals surface area contributed by atoms with Crippen LogP contribution in [-0.4, -0.2) is 14.3 Å². The molecule has 0 fully saturated rings. The Labute approximate surface area is 184 Å². The fraction of sp³-hybridized carbons (Fsp3) is 0.174. The fourth-order valence-corrected chi connectivity index (χ4v) is 4.11. The number of rotatable bonds is 6. The van der Waals surface area contributed by atoms with E-state index in [4.69, 9.17) is 0 Å². The molecule has 3 aromatic carbocycles. The van der Waals surface area contributed by atoms with Crippen LogP contribution in [0.1, 0.15) is 22.3 Å². The molecule has 0 saturated carbocycles. The quantitative estimate of drug-likeness (QED) is 0.522. The van der Waals surface area contributed by atoms with E-state index in [1.807, 2.05) is 32.0 Å². The first-order valence-corrected chi connectivity index (χ1v) is 11.1. The van der Waals surface area contributed by atoms with Gasteiger partial charge in [0.15, 0.2) is 0 Å². The molecule has 32 heavy (non-hydrogen) atoms. The van der Waals surface area contributed by atoms with Crippen molar-refractivity contribution in [3.8, 4) is 0 Å². The van der Waals surface area contributed by atoms with E-state index in [9.17, 15) is 26.4 Å². The van der Waals surface area contributed by atoms with Crippen LogP contribution in [0.25, 0.3) is 0 Å². The van der Waals surface area contributed by atoms with Gasteiger partial charge in [0.1, 0.15) is 0 Å². The normalized spacial score (nSPS) is 11.8. The summed E-state index contributed by atoms with van der Waals surface area (Å²) < 4.78 is 65.7. The van der Waals surface area contributed by atoms with Crippen LogP contribution >= 0.6 is 0 Å². The van der Waals surface area contributed by atoms with E-state index in [-0.39, 0.29) is 22.9 Å². The van der Waals surface area contributed by atoms with Crippen LogP contribution in [0, 0.1) is 13.8 Å². The van der Waals surface area contributed by atoms with Gasteiger partial charge in [0.05, 0.1) is 16.9 Å². The Balaban J connectivity index is 1.69. The summed E-state index contributed by atoms with van der Waals surface area (Å²) in [5, 5.41) is 2.71. The van der Waals surface area contributed by atoms with Crippen LogP contribution in [0.15, 0.2) is 71.6 Å². The van der Waals surface area contributed by atoms with Crippen LogP contribution in [0.2, 0.25) is 0 Å². The molecule has 0 unspecified atom stereocenters. The maximum Gasteiger partial charge on any atom is 0.416 e. The molecule has 0 aliphatic carbocycles. The van der Waals surface area contributed by atoms with Crippen molar-refractivity contribution in [2.45, 2.75) is 31.3 Å². The van der Waals surface area contributed by atoms with Crippen molar-refractivity contribution in [1.82, 2.24) is 0 Å². The third-order valence-corrected chi connectivity index (χ3v) is 6.14. The Kier molecular flexibility index (Phi) is 6.59. The third-order valence-electron chi connectivity index (χ3n) is 4.75. The molecule has 0 heterocycles. The van der Waals surface area contributed by atoms with Gasteiger partial charge in [-0.3, -0.25) is 9.52 Å². The molecule has 5 nitrogen and oxygen atoms in total. The van der Waals surface area contributed by atoms with Crippen LogP contribution in [0.4, 0.5) is 24.5 Å². The Bertz CT molecular complexity index is 1240. The molecule has 0 bridgehead atoms. The van der Waals surface area contributed by atoms with Crippen molar-refractivity contribution in [2.24, 2.45) is 0 Å². The molecule has 168 valence electrons. The van der Waals surface area contributed by atoms with Gasteiger partial charge in [-0.1, -0.05) is 29.8 Å². The lowest BCUT2D eigenvalue weighted by atomic mass is 10.0. The first-order valence-electron chi connectivity index (χ1n) is 9.60. The maximum atomic E-state index is 12.8. The van der Waals surface area contributed by atoms with Crippen molar-refractivity contribution in [2.75, 3.05) is 10.0 Å². The SMILES string of the molecule is Cc1ccc(C)c(CC(=O)Nc2ccc(S(=O)(=O)Nc3cccc(C(F)(F)F)c3)cc2)c1. The Morgan fingerprint density at radius 3 is 2.25 bits per heavy atom. The van der Waals surface area contributed by atoms with Gasteiger partial charge in [-0.15, -0.1) is 0 Å². The minimum Gasteiger partial charge on any atom is -0.326 e. The highest BCUT2D eigenvalue weighted by Crippen LogP contribution is 2.31. The number of aryl methyl sites for hydroxylation is 2. The zero-order valence-corrected chi connectivity index (χ0v) is 18.1. The molecule has 3 aromatic rings. The zero-order valence-electron chi connectivity index (χ0n) is 17.3. The van der Waals surface area contributed by atoms with E-state index in [0.717, 1.165) is 34.9 Å². The molecule has 0 aliphatic rings. The summed E-state index contributed by atoms with van der Waals surface area (Å²) in [6.07, 6.45) is -4.41. The van der Waals surface area contributed by atoms with Crippen LogP contribution in [0.5, 0.6) is 0 Å². The number of hydrogen-bond donors (Lipinski definition) is 2. The Hall–Kier alpha value is -3.33. The van der Waals surface area contributed by atoms with Gasteiger partial charge < -0.3 is 5.32 Å². The number of benzene rings is 3. The van der Waals surface area contributed by atoms with Gasteiger partial charge in [0.25, 0.3) is 10.0 Å². The second-order valence-corrected chi connectivity index (χ2v) is 9.05. The molecule has 0 spiro atoms. The number of alkyl halides is 3. The van der Waals surface area contributed by atoms with E-state index in [0.29, 0.717) is 5.69 Å². The number of carbonyl (C=O) groups excluding carboxylic acids is 1. The van der Waals surface area contributed by atoms with E-state index in [1.54, 1.807) is 0 Å². The summed E-state index contributed by atoms with van der Waals surface area (Å²) in [6, 6.07) is 15.1. The molecular weight excluding hydrogens is 441 g/mol. The van der Waals surface area contributed by atoms with Gasteiger partial charge in [0, 0.05) is 11.4 Å². The number of nitrogens with one attached hydrogen (secondary N) is 2. The molecule has 2 N–H and O–H groups in total. The van der Waals surface area contributed by atoms with Crippen LogP contribution < -0.4 is 10.0 Å². The number of hydrogen-bond acceptors (Lipinski definition) is 3. The van der Waals surface area contributed by atoms with Gasteiger partial charge in [-0.2, -0.15) is 13.2 Å². The smallest absolute Gasteiger partial charge is 0.326 e. The zero-order chi connectivity index (χ0) is 23.5. The van der Waals surface area contributed by atoms with Crippen molar-refractivity contribution in [3.63, 3.8) is 0 Å². The Morgan fingerprint density at radius 2 is 1.59 bits per heavy atom. The van der Waals surface area contributed by atoms with Gasteiger partial charge in [-0.05, 0) is 67.4 Å². The lowest BCUT2D eigenvalue weighted by molar-refractivity contribution is -0.137. The molecule has 0 aliphatic heterocycles. The first kappa shape index (κ1) is 23.3. The predicted molar refractivity (Wildman–Crippen MR) is 117 cm³/mol. The number of amides is 1. The summed E-state index contributed by atoms with van der Waals surface area (Å²) >= 11 is 0. The second-order valence-electron chi connectivity index (χ2n) is 7.36. The molecule has 1 amide bonds. The predicted octanol–water partition coefficient (Wildman–Crippen LogP) is 5.30. The lowest BCUT2D eigenvalue weighted by Gasteiger charge is -2.12. The largest absolute Gasteiger partial charge is 0.416 e. The molecule has 0 saturated heterocycles. The third kappa shape index (κ3) is 5.88. The van der Waals surface area contributed by atoms with Gasteiger partial charge in [-0.25, -0.2) is 8.42 Å². The summed E-state index contributed by atoms with van der Waals surface area (Å²) in [4.78, 5) is 12.2. The number of carbonyl (C=O) groups is 1. The summed E-state index contributed by atoms with van der Waals surface area (Å²) in [5.41, 5.74) is 2.17. The van der Waals surface area contributed by atoms with Gasteiger partial charge in [0.2, 0.25) is 5.91 Å². The average Bonchev–Trinajstić information content (AvgIpc) is 2.70. The molecular formula is C23H21F3N2O3S. The topological polar surface area (TPSA) is 75.3 Å². The van der Waals surface area contributed by atoms with Crippen LogP contribution in [0.3, 0.4) is 0 Å². The number of sulfonamides is 1. The van der Waals surface area contributed by atoms with Crippen molar-refractivity contribution in [3.05, 3.63) is 89.0 Å². The van der Waals surface area contributed by atoms with Crippen molar-refractivity contribution >= 4 is 27.3 Å². The number of anilines is 2.